The predicted octanol–water partition coefficient (Wildman–Crippen LogP) is 4.45. The normalized spacial score (nSPS) is 16.7. The first-order valence-electron chi connectivity index (χ1n) is 15.4. The summed E-state index contributed by atoms with van der Waals surface area (Å²) in [5.74, 6) is 2.06. The van der Waals surface area contributed by atoms with Gasteiger partial charge in [-0.15, -0.1) is 0 Å². The number of amides is 1. The molecule has 0 bridgehead atoms. The lowest BCUT2D eigenvalue weighted by atomic mass is 9.99. The number of aromatic nitrogens is 1. The second-order valence-corrected chi connectivity index (χ2v) is 11.6. The number of nitrogens with one attached hydrogen (secondary N) is 1. The zero-order chi connectivity index (χ0) is 30.1. The number of oxazole rings is 1. The molecule has 6 rings (SSSR count). The zero-order valence-corrected chi connectivity index (χ0v) is 24.9. The van der Waals surface area contributed by atoms with Crippen molar-refractivity contribution in [3.05, 3.63) is 113 Å². The van der Waals surface area contributed by atoms with E-state index in [1.807, 2.05) is 24.3 Å². The zero-order valence-electron chi connectivity index (χ0n) is 24.9. The third kappa shape index (κ3) is 8.25. The Morgan fingerprint density at radius 2 is 1.77 bits per heavy atom. The van der Waals surface area contributed by atoms with Gasteiger partial charge in [0.1, 0.15) is 24.2 Å². The quantitative estimate of drug-likeness (QED) is 0.248. The molecule has 1 amide bonds. The lowest BCUT2D eigenvalue weighted by molar-refractivity contribution is 0.0841. The van der Waals surface area contributed by atoms with Crippen LogP contribution in [0.2, 0.25) is 0 Å². The summed E-state index contributed by atoms with van der Waals surface area (Å²) >= 11 is 0. The van der Waals surface area contributed by atoms with Gasteiger partial charge in [0.2, 0.25) is 0 Å². The predicted molar refractivity (Wildman–Crippen MR) is 166 cm³/mol. The Labute approximate surface area is 258 Å². The molecule has 1 aromatic heterocycles. The smallest absolute Gasteiger partial charge is 0.251 e. The minimum Gasteiger partial charge on any atom is -0.490 e. The summed E-state index contributed by atoms with van der Waals surface area (Å²) in [5.41, 5.74) is 4.36. The number of ether oxygens (including phenoxy) is 2. The number of fused-ring (bicyclic) bond motifs is 1. The van der Waals surface area contributed by atoms with Crippen molar-refractivity contribution < 1.29 is 23.8 Å². The highest BCUT2D eigenvalue weighted by Crippen LogP contribution is 2.25. The van der Waals surface area contributed by atoms with E-state index in [4.69, 9.17) is 13.9 Å². The van der Waals surface area contributed by atoms with Crippen molar-refractivity contribution in [3.63, 3.8) is 0 Å². The minimum absolute atomic E-state index is 0.180. The highest BCUT2D eigenvalue weighted by atomic mass is 16.5. The Balaban J connectivity index is 0.895. The van der Waals surface area contributed by atoms with Crippen LogP contribution in [-0.4, -0.2) is 70.7 Å². The van der Waals surface area contributed by atoms with E-state index in [2.05, 4.69) is 56.5 Å². The second-order valence-electron chi connectivity index (χ2n) is 11.6. The molecule has 4 aromatic rings. The molecule has 9 nitrogen and oxygen atoms in total. The van der Waals surface area contributed by atoms with Crippen molar-refractivity contribution in [2.45, 2.75) is 51.2 Å². The number of nitrogens with zero attached hydrogens (tertiary/aromatic N) is 3. The third-order valence-electron chi connectivity index (χ3n) is 8.30. The van der Waals surface area contributed by atoms with E-state index in [1.165, 1.54) is 23.1 Å². The van der Waals surface area contributed by atoms with Gasteiger partial charge < -0.3 is 24.3 Å². The van der Waals surface area contributed by atoms with Crippen molar-refractivity contribution in [2.24, 2.45) is 0 Å². The summed E-state index contributed by atoms with van der Waals surface area (Å²) in [5, 5.41) is 13.5. The van der Waals surface area contributed by atoms with Gasteiger partial charge in [0.05, 0.1) is 12.3 Å². The van der Waals surface area contributed by atoms with Gasteiger partial charge in [0, 0.05) is 51.4 Å². The van der Waals surface area contributed by atoms with Gasteiger partial charge in [-0.3, -0.25) is 14.6 Å². The lowest BCUT2D eigenvalue weighted by Gasteiger charge is -2.32. The number of carbonyl (C=O) groups is 1. The van der Waals surface area contributed by atoms with Gasteiger partial charge in [0.25, 0.3) is 5.91 Å². The van der Waals surface area contributed by atoms with Crippen LogP contribution >= 0.6 is 0 Å². The molecule has 0 spiro atoms. The highest BCUT2D eigenvalue weighted by molar-refractivity contribution is 5.94. The Hall–Kier alpha value is -4.18. The molecule has 0 saturated carbocycles. The van der Waals surface area contributed by atoms with E-state index in [0.29, 0.717) is 24.5 Å². The molecule has 2 aliphatic heterocycles. The van der Waals surface area contributed by atoms with Crippen molar-refractivity contribution in [1.29, 1.82) is 0 Å². The first-order valence-corrected chi connectivity index (χ1v) is 15.4. The molecule has 0 radical (unpaired) electrons. The van der Waals surface area contributed by atoms with Gasteiger partial charge in [0.15, 0.2) is 12.2 Å². The van der Waals surface area contributed by atoms with Gasteiger partial charge in [-0.25, -0.2) is 4.98 Å². The second kappa shape index (κ2) is 14.5. The number of hydrogen-bond acceptors (Lipinski definition) is 8. The van der Waals surface area contributed by atoms with Gasteiger partial charge >= 0.3 is 0 Å². The van der Waals surface area contributed by atoms with Crippen LogP contribution in [-0.2, 0) is 26.1 Å². The Morgan fingerprint density at radius 3 is 2.55 bits per heavy atom. The molecular weight excluding hydrogens is 556 g/mol. The first kappa shape index (κ1) is 29.9. The number of carbonyl (C=O) groups excluding carboxylic acids is 1. The molecule has 2 aliphatic rings. The fourth-order valence-corrected chi connectivity index (χ4v) is 5.88. The number of piperidine rings is 1. The van der Waals surface area contributed by atoms with Crippen LogP contribution in [0.1, 0.15) is 45.7 Å². The van der Waals surface area contributed by atoms with E-state index in [-0.39, 0.29) is 18.6 Å². The number of hydrogen-bond donors (Lipinski definition) is 2. The standard InChI is InChI=1S/C35H40N4O5/c40-30(23-39-15-12-28-18-33(11-8-29(28)22-39)42-24-34-20-36-25-43-34)19-37-35(41)27-6-9-31(10-7-27)44-32-13-16-38(17-14-32)21-26-4-2-1-3-5-26/h1-11,18,20,25,30,32,40H,12-17,19,21-24H2,(H,37,41)/t30-/m0/s1. The average Bonchev–Trinajstić information content (AvgIpc) is 3.58. The van der Waals surface area contributed by atoms with E-state index in [9.17, 15) is 9.90 Å². The summed E-state index contributed by atoms with van der Waals surface area (Å²) in [6.45, 7) is 5.59. The Bertz CT molecular complexity index is 1470. The molecule has 3 aromatic carbocycles. The largest absolute Gasteiger partial charge is 0.490 e. The van der Waals surface area contributed by atoms with Crippen molar-refractivity contribution in [1.82, 2.24) is 20.1 Å². The van der Waals surface area contributed by atoms with Crippen LogP contribution in [0, 0.1) is 0 Å². The van der Waals surface area contributed by atoms with E-state index in [0.717, 1.165) is 63.5 Å². The molecule has 1 atom stereocenters. The first-order chi connectivity index (χ1) is 21.6. The lowest BCUT2D eigenvalue weighted by Crippen LogP contribution is -2.42. The maximum atomic E-state index is 12.7. The molecular formula is C35H40N4O5. The minimum atomic E-state index is -0.666. The van der Waals surface area contributed by atoms with Crippen molar-refractivity contribution >= 4 is 5.91 Å². The molecule has 230 valence electrons. The summed E-state index contributed by atoms with van der Waals surface area (Å²) in [7, 11) is 0. The van der Waals surface area contributed by atoms with Crippen molar-refractivity contribution in [3.8, 4) is 11.5 Å². The van der Waals surface area contributed by atoms with Gasteiger partial charge in [-0.05, 0) is 72.4 Å². The Kier molecular flexibility index (Phi) is 9.86. The topological polar surface area (TPSA) is 100 Å². The number of β-amino-alcohol motifs (C(OH)–C–C–N with tert-alkyl or cyclic N) is 1. The molecule has 0 unspecified atom stereocenters. The van der Waals surface area contributed by atoms with Crippen LogP contribution in [0.4, 0.5) is 0 Å². The van der Waals surface area contributed by atoms with Crippen LogP contribution in [0.15, 0.2) is 89.8 Å². The summed E-state index contributed by atoms with van der Waals surface area (Å²) in [4.78, 5) is 21.3. The highest BCUT2D eigenvalue weighted by Gasteiger charge is 2.22. The van der Waals surface area contributed by atoms with Crippen LogP contribution in [0.5, 0.6) is 11.5 Å². The fraction of sp³-hybridized carbons (Fsp3) is 0.371. The number of aliphatic hydroxyl groups excluding tert-OH is 1. The van der Waals surface area contributed by atoms with E-state index >= 15 is 0 Å². The maximum Gasteiger partial charge on any atom is 0.251 e. The van der Waals surface area contributed by atoms with Crippen molar-refractivity contribution in [2.75, 3.05) is 32.7 Å². The number of benzene rings is 3. The van der Waals surface area contributed by atoms with Crippen LogP contribution in [0.3, 0.4) is 0 Å². The van der Waals surface area contributed by atoms with Gasteiger partial charge in [-0.2, -0.15) is 0 Å². The molecule has 44 heavy (non-hydrogen) atoms. The van der Waals surface area contributed by atoms with E-state index in [1.54, 1.807) is 18.3 Å². The molecule has 0 aliphatic carbocycles. The number of rotatable bonds is 12. The third-order valence-corrected chi connectivity index (χ3v) is 8.30. The monoisotopic (exact) mass is 596 g/mol. The summed E-state index contributed by atoms with van der Waals surface area (Å²) in [6, 6.07) is 24.0. The van der Waals surface area contributed by atoms with Crippen LogP contribution in [0.25, 0.3) is 0 Å². The van der Waals surface area contributed by atoms with E-state index < -0.39 is 6.10 Å². The SMILES string of the molecule is O=C(NC[C@H](O)CN1CCc2cc(OCc3cnco3)ccc2C1)c1ccc(OC2CCN(Cc3ccccc3)CC2)cc1. The van der Waals surface area contributed by atoms with Gasteiger partial charge in [-0.1, -0.05) is 36.4 Å². The Morgan fingerprint density at radius 1 is 0.977 bits per heavy atom. The summed E-state index contributed by atoms with van der Waals surface area (Å²) < 4.78 is 17.3. The number of aliphatic hydroxyl groups is 1. The molecule has 1 saturated heterocycles. The molecule has 3 heterocycles. The molecule has 9 heteroatoms. The summed E-state index contributed by atoms with van der Waals surface area (Å²) in [6.07, 6.45) is 5.39. The average molecular weight is 597 g/mol. The molecule has 1 fully saturated rings. The maximum absolute atomic E-state index is 12.7. The molecule has 2 N–H and O–H groups in total. The number of likely N-dealkylation sites (tertiary alicyclic amines) is 1. The van der Waals surface area contributed by atoms with Crippen LogP contribution < -0.4 is 14.8 Å². The fourth-order valence-electron chi connectivity index (χ4n) is 5.88.